The van der Waals surface area contributed by atoms with Crippen LogP contribution < -0.4 is 16.2 Å². The fourth-order valence-electron chi connectivity index (χ4n) is 3.93. The Bertz CT molecular complexity index is 1150. The predicted octanol–water partition coefficient (Wildman–Crippen LogP) is 3.91. The summed E-state index contributed by atoms with van der Waals surface area (Å²) in [6.07, 6.45) is 3.26. The van der Waals surface area contributed by atoms with Crippen LogP contribution in [0.15, 0.2) is 59.5 Å². The van der Waals surface area contributed by atoms with Crippen molar-refractivity contribution in [1.82, 2.24) is 14.9 Å². The molecule has 1 aromatic heterocycles. The van der Waals surface area contributed by atoms with Gasteiger partial charge >= 0.3 is 0 Å². The van der Waals surface area contributed by atoms with Gasteiger partial charge < -0.3 is 19.9 Å². The fourth-order valence-corrected chi connectivity index (χ4v) is 3.93. The zero-order chi connectivity index (χ0) is 24.5. The van der Waals surface area contributed by atoms with E-state index in [1.54, 1.807) is 19.2 Å². The molecule has 0 aliphatic heterocycles. The number of anilines is 1. The first-order valence-electron chi connectivity index (χ1n) is 11.5. The van der Waals surface area contributed by atoms with Crippen LogP contribution >= 0.6 is 0 Å². The van der Waals surface area contributed by atoms with Crippen molar-refractivity contribution < 1.29 is 16.8 Å². The van der Waals surface area contributed by atoms with E-state index in [-0.39, 0.29) is 39.6 Å². The lowest BCUT2D eigenvalue weighted by Crippen LogP contribution is -2.33. The minimum Gasteiger partial charge on any atom is -0.376 e. The van der Waals surface area contributed by atoms with Gasteiger partial charge in [-0.15, -0.1) is 0 Å². The standard InChI is InChI=1S/C24H25FN4O3.C2H6.2H2/c1-26-15-22(30)28-23-24(31)29(21(14-27-23)16-6-8-19(25)9-7-16)10-11-32-20-12-17-4-2-3-5-18(17)13-20;1-2;;/h2-9,14,20,26H,10-13,15H2,1H3,(H,27,28,30);1-2H3;2*1H. The second-order valence-corrected chi connectivity index (χ2v) is 7.70. The Morgan fingerprint density at radius 2 is 1.79 bits per heavy atom. The Balaban J connectivity index is 0.00000158. The van der Waals surface area contributed by atoms with E-state index in [2.05, 4.69) is 27.8 Å². The fraction of sp³-hybridized carbons (Fsp3) is 0.346. The summed E-state index contributed by atoms with van der Waals surface area (Å²) in [5.41, 5.74) is 3.33. The van der Waals surface area contributed by atoms with Crippen molar-refractivity contribution in [2.24, 2.45) is 0 Å². The third-order valence-electron chi connectivity index (χ3n) is 5.47. The minimum atomic E-state index is -0.436. The number of carbonyl (C=O) groups is 1. The van der Waals surface area contributed by atoms with Gasteiger partial charge in [0.1, 0.15) is 5.82 Å². The molecule has 3 aromatic rings. The molecule has 34 heavy (non-hydrogen) atoms. The third-order valence-corrected chi connectivity index (χ3v) is 5.47. The zero-order valence-corrected chi connectivity index (χ0v) is 19.8. The number of fused-ring (bicyclic) bond motifs is 1. The Labute approximate surface area is 202 Å². The van der Waals surface area contributed by atoms with Gasteiger partial charge in [0.2, 0.25) is 5.91 Å². The summed E-state index contributed by atoms with van der Waals surface area (Å²) in [6.45, 7) is 4.66. The van der Waals surface area contributed by atoms with E-state index in [0.717, 1.165) is 12.8 Å². The number of halogens is 1. The van der Waals surface area contributed by atoms with Crippen LogP contribution in [0.1, 0.15) is 27.8 Å². The predicted molar refractivity (Wildman–Crippen MR) is 136 cm³/mol. The van der Waals surface area contributed by atoms with Crippen molar-refractivity contribution in [3.8, 4) is 11.3 Å². The molecule has 0 spiro atoms. The molecule has 0 unspecified atom stereocenters. The molecule has 0 bridgehead atoms. The highest BCUT2D eigenvalue weighted by molar-refractivity contribution is 5.91. The average Bonchev–Trinajstić information content (AvgIpc) is 3.26. The maximum atomic E-state index is 13.4. The van der Waals surface area contributed by atoms with E-state index in [9.17, 15) is 14.0 Å². The Hall–Kier alpha value is -3.36. The quantitative estimate of drug-likeness (QED) is 0.521. The van der Waals surface area contributed by atoms with E-state index >= 15 is 0 Å². The minimum absolute atomic E-state index is 0. The van der Waals surface area contributed by atoms with Crippen molar-refractivity contribution >= 4 is 11.7 Å². The first-order chi connectivity index (χ1) is 16.5. The SMILES string of the molecule is CC.CNCC(=O)Nc1ncc(-c2ccc(F)cc2)n(CCOC2Cc3ccccc3C2)c1=O.[HH].[HH]. The summed E-state index contributed by atoms with van der Waals surface area (Å²) < 4.78 is 21.0. The lowest BCUT2D eigenvalue weighted by Gasteiger charge is -2.16. The molecule has 0 radical (unpaired) electrons. The van der Waals surface area contributed by atoms with Crippen molar-refractivity contribution in [3.05, 3.63) is 82.0 Å². The van der Waals surface area contributed by atoms with Crippen molar-refractivity contribution in [2.45, 2.75) is 39.3 Å². The van der Waals surface area contributed by atoms with Gasteiger partial charge in [0.05, 0.1) is 31.1 Å². The summed E-state index contributed by atoms with van der Waals surface area (Å²) >= 11 is 0. The first kappa shape index (κ1) is 25.3. The molecule has 184 valence electrons. The van der Waals surface area contributed by atoms with Crippen molar-refractivity contribution in [2.75, 3.05) is 25.5 Å². The van der Waals surface area contributed by atoms with Crippen LogP contribution in [0.3, 0.4) is 0 Å². The molecule has 0 saturated carbocycles. The smallest absolute Gasteiger partial charge is 0.294 e. The molecular weight excluding hydrogens is 435 g/mol. The van der Waals surface area contributed by atoms with Gasteiger partial charge in [-0.1, -0.05) is 38.1 Å². The normalized spacial score (nSPS) is 12.6. The van der Waals surface area contributed by atoms with Crippen LogP contribution in [0, 0.1) is 5.82 Å². The number of benzene rings is 2. The number of hydrogen-bond acceptors (Lipinski definition) is 5. The zero-order valence-electron chi connectivity index (χ0n) is 19.8. The molecule has 7 nitrogen and oxygen atoms in total. The van der Waals surface area contributed by atoms with Gasteiger partial charge in [-0.25, -0.2) is 9.37 Å². The summed E-state index contributed by atoms with van der Waals surface area (Å²) in [5.74, 6) is -0.779. The van der Waals surface area contributed by atoms with Crippen LogP contribution in [0.4, 0.5) is 10.2 Å². The van der Waals surface area contributed by atoms with Crippen molar-refractivity contribution in [3.63, 3.8) is 0 Å². The molecule has 2 N–H and O–H groups in total. The van der Waals surface area contributed by atoms with Gasteiger partial charge in [-0.2, -0.15) is 0 Å². The number of nitrogens with one attached hydrogen (secondary N) is 2. The number of nitrogens with zero attached hydrogens (tertiary/aromatic N) is 2. The van der Waals surface area contributed by atoms with Gasteiger partial charge in [0.25, 0.3) is 5.56 Å². The number of ether oxygens (including phenoxy) is 1. The molecule has 1 aliphatic carbocycles. The molecule has 1 aliphatic rings. The molecule has 4 rings (SSSR count). The maximum Gasteiger partial charge on any atom is 0.294 e. The van der Waals surface area contributed by atoms with Gasteiger partial charge in [0, 0.05) is 15.0 Å². The molecular formula is C26H35FN4O3. The third kappa shape index (κ3) is 6.15. The summed E-state index contributed by atoms with van der Waals surface area (Å²) in [7, 11) is 1.64. The van der Waals surface area contributed by atoms with Gasteiger partial charge in [0.15, 0.2) is 5.82 Å². The molecule has 0 fully saturated rings. The summed E-state index contributed by atoms with van der Waals surface area (Å²) in [4.78, 5) is 29.2. The second-order valence-electron chi connectivity index (χ2n) is 7.70. The van der Waals surface area contributed by atoms with E-state index in [1.807, 2.05) is 26.0 Å². The summed E-state index contributed by atoms with van der Waals surface area (Å²) in [5, 5.41) is 5.27. The number of amides is 1. The van der Waals surface area contributed by atoms with E-state index in [0.29, 0.717) is 17.9 Å². The van der Waals surface area contributed by atoms with Crippen LogP contribution in [0.5, 0.6) is 0 Å². The lowest BCUT2D eigenvalue weighted by molar-refractivity contribution is -0.115. The number of carbonyl (C=O) groups excluding carboxylic acids is 1. The second kappa shape index (κ2) is 12.2. The molecule has 1 amide bonds. The number of rotatable bonds is 8. The summed E-state index contributed by atoms with van der Waals surface area (Å²) in [6, 6.07) is 14.1. The molecule has 0 saturated heterocycles. The molecule has 2 aromatic carbocycles. The maximum absolute atomic E-state index is 13.4. The Morgan fingerprint density at radius 1 is 1.15 bits per heavy atom. The highest BCUT2D eigenvalue weighted by atomic mass is 19.1. The number of hydrogen-bond donors (Lipinski definition) is 2. The molecule has 0 atom stereocenters. The Kier molecular flexibility index (Phi) is 9.07. The van der Waals surface area contributed by atoms with E-state index in [1.165, 1.54) is 34.0 Å². The largest absolute Gasteiger partial charge is 0.376 e. The van der Waals surface area contributed by atoms with E-state index in [4.69, 9.17) is 4.74 Å². The topological polar surface area (TPSA) is 85.2 Å². The number of aromatic nitrogens is 2. The van der Waals surface area contributed by atoms with Crippen molar-refractivity contribution in [1.29, 1.82) is 0 Å². The monoisotopic (exact) mass is 470 g/mol. The lowest BCUT2D eigenvalue weighted by atomic mass is 10.1. The van der Waals surface area contributed by atoms with Crippen LogP contribution in [-0.4, -0.2) is 41.8 Å². The first-order valence-corrected chi connectivity index (χ1v) is 11.5. The van der Waals surface area contributed by atoms with Crippen LogP contribution in [0.25, 0.3) is 11.3 Å². The number of likely N-dealkylation sites (N-methyl/N-ethyl adjacent to an activating group) is 1. The average molecular weight is 471 g/mol. The van der Waals surface area contributed by atoms with Gasteiger partial charge in [-0.05, 0) is 55.3 Å². The highest BCUT2D eigenvalue weighted by Gasteiger charge is 2.22. The van der Waals surface area contributed by atoms with Crippen LogP contribution in [0.2, 0.25) is 0 Å². The van der Waals surface area contributed by atoms with Crippen LogP contribution in [-0.2, 0) is 28.9 Å². The van der Waals surface area contributed by atoms with E-state index < -0.39 is 5.56 Å². The molecule has 1 heterocycles. The molecule has 8 heteroatoms. The van der Waals surface area contributed by atoms with Gasteiger partial charge in [-0.3, -0.25) is 9.59 Å². The Morgan fingerprint density at radius 3 is 2.41 bits per heavy atom. The highest BCUT2D eigenvalue weighted by Crippen LogP contribution is 2.24.